The van der Waals surface area contributed by atoms with Crippen molar-refractivity contribution in [1.82, 2.24) is 0 Å². The molecule has 0 atom stereocenters. The third-order valence-electron chi connectivity index (χ3n) is 2.51. The molecule has 0 unspecified atom stereocenters. The van der Waals surface area contributed by atoms with Gasteiger partial charge in [-0.25, -0.2) is 14.7 Å². The van der Waals surface area contributed by atoms with Gasteiger partial charge in [0, 0.05) is 48.3 Å². The summed E-state index contributed by atoms with van der Waals surface area (Å²) in [4.78, 5) is 0. The van der Waals surface area contributed by atoms with Crippen LogP contribution in [0.15, 0.2) is 0 Å². The van der Waals surface area contributed by atoms with Crippen LogP contribution in [-0.4, -0.2) is 33.1 Å². The smallest absolute Gasteiger partial charge is 0.155 e. The van der Waals surface area contributed by atoms with Gasteiger partial charge in [0.2, 0.25) is 0 Å². The standard InChI is InChI=1S/C9H19O4S2.C7H11.CH4.Y/c1-9(2,3)15(12,13)8-6-5-7-14(4,10)11;1-5-6-7(2,3)4;;/h4-8H2,1-3H3;1H2,2-4H3;1H4;/q2*-1;;. The number of rotatable bonds is 5. The molecule has 4 nitrogen and oxygen atoms in total. The van der Waals surface area contributed by atoms with Crippen LogP contribution < -0.4 is 0 Å². The summed E-state index contributed by atoms with van der Waals surface area (Å²) in [5.41, 5.74) is 0.127. The second-order valence-corrected chi connectivity index (χ2v) is 11.9. The van der Waals surface area contributed by atoms with Crippen molar-refractivity contribution < 1.29 is 49.5 Å². The number of hydrogen-bond acceptors (Lipinski definition) is 4. The van der Waals surface area contributed by atoms with Crippen LogP contribution >= 0.6 is 0 Å². The molecule has 1 radical (unpaired) electrons. The fourth-order valence-electron chi connectivity index (χ4n) is 1.19. The Morgan fingerprint density at radius 2 is 1.25 bits per heavy atom. The maximum Gasteiger partial charge on any atom is 0.155 e. The van der Waals surface area contributed by atoms with Crippen molar-refractivity contribution in [2.75, 3.05) is 11.5 Å². The second kappa shape index (κ2) is 12.7. The Labute approximate surface area is 176 Å². The van der Waals surface area contributed by atoms with Gasteiger partial charge in [-0.1, -0.05) is 33.6 Å². The predicted octanol–water partition coefficient (Wildman–Crippen LogP) is 3.69. The normalized spacial score (nSPS) is 11.6. The van der Waals surface area contributed by atoms with E-state index in [0.29, 0.717) is 12.8 Å². The van der Waals surface area contributed by atoms with Crippen molar-refractivity contribution in [1.29, 1.82) is 0 Å². The molecule has 0 saturated carbocycles. The Morgan fingerprint density at radius 3 is 1.46 bits per heavy atom. The molecule has 0 aromatic heterocycles. The summed E-state index contributed by atoms with van der Waals surface area (Å²) < 4.78 is 43.8. The molecule has 0 N–H and O–H groups in total. The summed E-state index contributed by atoms with van der Waals surface area (Å²) >= 11 is 0. The molecule has 0 saturated heterocycles. The quantitative estimate of drug-likeness (QED) is 0.360. The monoisotopic (exact) mass is 455 g/mol. The minimum absolute atomic E-state index is 0. The van der Waals surface area contributed by atoms with Gasteiger partial charge in [0.05, 0.1) is 10.5 Å². The van der Waals surface area contributed by atoms with Crippen LogP contribution in [0.25, 0.3) is 0 Å². The molecule has 143 valence electrons. The maximum absolute atomic E-state index is 11.6. The molecule has 0 aliphatic rings. The van der Waals surface area contributed by atoms with E-state index in [9.17, 15) is 16.8 Å². The third kappa shape index (κ3) is 20.5. The van der Waals surface area contributed by atoms with Gasteiger partial charge in [-0.15, -0.1) is 0 Å². The van der Waals surface area contributed by atoms with Crippen molar-refractivity contribution in [2.24, 2.45) is 5.41 Å². The van der Waals surface area contributed by atoms with Gasteiger partial charge in [-0.05, 0) is 33.6 Å². The first-order chi connectivity index (χ1) is 9.52. The van der Waals surface area contributed by atoms with Crippen molar-refractivity contribution in [3.05, 3.63) is 13.2 Å². The van der Waals surface area contributed by atoms with Crippen LogP contribution in [0.1, 0.15) is 61.8 Å². The summed E-state index contributed by atoms with van der Waals surface area (Å²) in [5, 5.41) is 0. The van der Waals surface area contributed by atoms with Crippen molar-refractivity contribution in [2.45, 2.75) is 66.6 Å². The van der Waals surface area contributed by atoms with Crippen LogP contribution in [-0.2, 0) is 52.4 Å². The summed E-state index contributed by atoms with van der Waals surface area (Å²) in [6, 6.07) is 0. The zero-order valence-corrected chi connectivity index (χ0v) is 19.7. The maximum atomic E-state index is 11.6. The van der Waals surface area contributed by atoms with E-state index >= 15 is 0 Å². The molecular formula is C17H34O4S2Y-2. The molecule has 0 spiro atoms. The number of hydrogen-bond donors (Lipinski definition) is 0. The Hall–Kier alpha value is 0.434. The third-order valence-corrected chi connectivity index (χ3v) is 6.12. The summed E-state index contributed by atoms with van der Waals surface area (Å²) in [6.45, 7) is 14.5. The van der Waals surface area contributed by atoms with E-state index in [0.717, 1.165) is 0 Å². The molecule has 0 aliphatic carbocycles. The van der Waals surface area contributed by atoms with Crippen LogP contribution in [0.3, 0.4) is 0 Å². The molecule has 0 heterocycles. The molecule has 0 fully saturated rings. The molecule has 7 heteroatoms. The van der Waals surface area contributed by atoms with Crippen LogP contribution in [0, 0.1) is 30.4 Å². The van der Waals surface area contributed by atoms with Crippen LogP contribution in [0.4, 0.5) is 0 Å². The molecule has 0 aliphatic heterocycles. The van der Waals surface area contributed by atoms with Gasteiger partial charge < -0.3 is 5.92 Å². The van der Waals surface area contributed by atoms with Gasteiger partial charge in [0.1, 0.15) is 0 Å². The fourth-order valence-corrected chi connectivity index (χ4v) is 3.03. The van der Waals surface area contributed by atoms with Crippen molar-refractivity contribution in [3.63, 3.8) is 0 Å². The SMILES string of the molecule is C.[CH2-]C#CC(C)(C)C.[CH2-]S(=O)(=O)CCCCS(=O)(=O)C(C)(C)C.[Y]. The Balaban J connectivity index is -0.000000191. The van der Waals surface area contributed by atoms with Crippen molar-refractivity contribution >= 4 is 19.7 Å². The first-order valence-corrected chi connectivity index (χ1v) is 10.6. The van der Waals surface area contributed by atoms with Gasteiger partial charge in [0.15, 0.2) is 9.84 Å². The van der Waals surface area contributed by atoms with E-state index in [1.807, 2.05) is 0 Å². The second-order valence-electron chi connectivity index (χ2n) is 7.14. The zero-order chi connectivity index (χ0) is 18.2. The van der Waals surface area contributed by atoms with E-state index in [1.165, 1.54) is 0 Å². The van der Waals surface area contributed by atoms with Gasteiger partial charge in [-0.3, -0.25) is 14.3 Å². The summed E-state index contributed by atoms with van der Waals surface area (Å²) in [6.07, 6.45) is 3.69. The van der Waals surface area contributed by atoms with E-state index in [1.54, 1.807) is 20.8 Å². The molecule has 0 aromatic carbocycles. The summed E-state index contributed by atoms with van der Waals surface area (Å²) in [5.74, 6) is 5.52. The average Bonchev–Trinajstić information content (AvgIpc) is 2.20. The summed E-state index contributed by atoms with van der Waals surface area (Å²) in [7, 11) is -6.35. The van der Waals surface area contributed by atoms with E-state index in [-0.39, 0.29) is 57.1 Å². The Morgan fingerprint density at radius 1 is 0.875 bits per heavy atom. The first kappa shape index (κ1) is 32.1. The largest absolute Gasteiger partial charge is 0.322 e. The molecule has 0 bridgehead atoms. The minimum atomic E-state index is -3.22. The molecule has 0 amide bonds. The fraction of sp³-hybridized carbons (Fsp3) is 0.765. The number of unbranched alkanes of at least 4 members (excludes halogenated alkanes) is 1. The molecule has 24 heavy (non-hydrogen) atoms. The molecule has 0 aromatic rings. The molecule has 0 rings (SSSR count). The van der Waals surface area contributed by atoms with E-state index in [2.05, 4.69) is 45.8 Å². The van der Waals surface area contributed by atoms with Crippen LogP contribution in [0.2, 0.25) is 0 Å². The Bertz CT molecular complexity index is 581. The Kier molecular flexibility index (Phi) is 17.0. The minimum Gasteiger partial charge on any atom is -0.322 e. The van der Waals surface area contributed by atoms with Crippen molar-refractivity contribution in [3.8, 4) is 11.8 Å². The van der Waals surface area contributed by atoms with E-state index < -0.39 is 24.4 Å². The first-order valence-electron chi connectivity index (χ1n) is 7.09. The number of sulfone groups is 2. The van der Waals surface area contributed by atoms with Gasteiger partial charge >= 0.3 is 0 Å². The molecular weight excluding hydrogens is 421 g/mol. The zero-order valence-electron chi connectivity index (χ0n) is 15.3. The average molecular weight is 455 g/mol. The predicted molar refractivity (Wildman–Crippen MR) is 101 cm³/mol. The topological polar surface area (TPSA) is 68.3 Å². The van der Waals surface area contributed by atoms with E-state index in [4.69, 9.17) is 0 Å². The van der Waals surface area contributed by atoms with Crippen LogP contribution in [0.5, 0.6) is 0 Å². The van der Waals surface area contributed by atoms with Gasteiger partial charge in [-0.2, -0.15) is 6.92 Å². The van der Waals surface area contributed by atoms with Gasteiger partial charge in [0.25, 0.3) is 0 Å².